The predicted octanol–water partition coefficient (Wildman–Crippen LogP) is 2.14. The summed E-state index contributed by atoms with van der Waals surface area (Å²) in [6.07, 6.45) is -2.74. The van der Waals surface area contributed by atoms with Crippen LogP contribution in [0.1, 0.15) is 19.8 Å². The van der Waals surface area contributed by atoms with Gasteiger partial charge in [-0.2, -0.15) is 18.3 Å². The van der Waals surface area contributed by atoms with Crippen LogP contribution in [0.25, 0.3) is 0 Å². The van der Waals surface area contributed by atoms with E-state index in [1.807, 2.05) is 6.92 Å². The summed E-state index contributed by atoms with van der Waals surface area (Å²) >= 11 is 2.96. The number of anilines is 1. The van der Waals surface area contributed by atoms with Crippen LogP contribution in [-0.2, 0) is 6.54 Å². The molecule has 20 heavy (non-hydrogen) atoms. The van der Waals surface area contributed by atoms with Crippen molar-refractivity contribution in [2.45, 2.75) is 38.6 Å². The van der Waals surface area contributed by atoms with Crippen LogP contribution in [0.4, 0.5) is 18.9 Å². The van der Waals surface area contributed by atoms with Gasteiger partial charge in [-0.05, 0) is 28.8 Å². The molecule has 0 amide bonds. The van der Waals surface area contributed by atoms with Gasteiger partial charge in [0.25, 0.3) is 5.56 Å². The number of alkyl halides is 3. The van der Waals surface area contributed by atoms with Gasteiger partial charge in [0.05, 0.1) is 18.0 Å². The number of aromatic nitrogens is 2. The van der Waals surface area contributed by atoms with E-state index in [9.17, 15) is 23.1 Å². The second kappa shape index (κ2) is 7.07. The minimum absolute atomic E-state index is 0.0114. The quantitative estimate of drug-likeness (QED) is 0.818. The van der Waals surface area contributed by atoms with Crippen LogP contribution in [-0.4, -0.2) is 33.7 Å². The third kappa shape index (κ3) is 5.12. The molecule has 0 spiro atoms. The Bertz CT molecular complexity index is 505. The van der Waals surface area contributed by atoms with E-state index in [1.54, 1.807) is 0 Å². The highest BCUT2D eigenvalue weighted by atomic mass is 79.9. The molecule has 0 bridgehead atoms. The first-order valence-corrected chi connectivity index (χ1v) is 6.78. The van der Waals surface area contributed by atoms with Crippen LogP contribution < -0.4 is 10.9 Å². The number of nitrogens with one attached hydrogen (secondary N) is 1. The van der Waals surface area contributed by atoms with E-state index in [1.165, 1.54) is 0 Å². The van der Waals surface area contributed by atoms with Crippen molar-refractivity contribution in [3.8, 4) is 0 Å². The Kier molecular flexibility index (Phi) is 6.00. The number of hydrogen-bond acceptors (Lipinski definition) is 4. The van der Waals surface area contributed by atoms with Gasteiger partial charge < -0.3 is 10.4 Å². The van der Waals surface area contributed by atoms with Crippen molar-refractivity contribution in [1.29, 1.82) is 0 Å². The molecular formula is C11H15BrF3N3O2. The Morgan fingerprint density at radius 3 is 2.75 bits per heavy atom. The Balaban J connectivity index is 2.77. The fourth-order valence-corrected chi connectivity index (χ4v) is 1.90. The van der Waals surface area contributed by atoms with E-state index in [0.29, 0.717) is 29.8 Å². The lowest BCUT2D eigenvalue weighted by Gasteiger charge is -2.13. The molecule has 9 heteroatoms. The summed E-state index contributed by atoms with van der Waals surface area (Å²) in [7, 11) is 0. The van der Waals surface area contributed by atoms with E-state index >= 15 is 0 Å². The van der Waals surface area contributed by atoms with Crippen molar-refractivity contribution in [3.63, 3.8) is 0 Å². The smallest absolute Gasteiger partial charge is 0.393 e. The van der Waals surface area contributed by atoms with Crippen LogP contribution in [0.5, 0.6) is 0 Å². The lowest BCUT2D eigenvalue weighted by atomic mass is 10.2. The number of halogens is 4. The summed E-state index contributed by atoms with van der Waals surface area (Å²) in [4.78, 5) is 11.7. The monoisotopic (exact) mass is 357 g/mol. The number of aliphatic hydroxyl groups excluding tert-OH is 1. The molecule has 1 unspecified atom stereocenters. The molecule has 0 aromatic carbocycles. The highest BCUT2D eigenvalue weighted by molar-refractivity contribution is 9.10. The average molecular weight is 358 g/mol. The predicted molar refractivity (Wildman–Crippen MR) is 71.7 cm³/mol. The van der Waals surface area contributed by atoms with Gasteiger partial charge in [-0.1, -0.05) is 6.92 Å². The summed E-state index contributed by atoms with van der Waals surface area (Å²) < 4.78 is 37.0. The minimum atomic E-state index is -4.50. The molecule has 0 fully saturated rings. The summed E-state index contributed by atoms with van der Waals surface area (Å²) in [5.74, 6) is 0. The topological polar surface area (TPSA) is 67.2 Å². The van der Waals surface area contributed by atoms with E-state index < -0.39 is 24.4 Å². The van der Waals surface area contributed by atoms with E-state index in [-0.39, 0.29) is 4.47 Å². The van der Waals surface area contributed by atoms with E-state index in [0.717, 1.165) is 6.20 Å². The van der Waals surface area contributed by atoms with Gasteiger partial charge >= 0.3 is 6.18 Å². The summed E-state index contributed by atoms with van der Waals surface area (Å²) in [5.41, 5.74) is -0.555. The number of aliphatic hydroxyl groups is 1. The summed E-state index contributed by atoms with van der Waals surface area (Å²) in [5, 5.41) is 15.7. The molecule has 0 radical (unpaired) electrons. The van der Waals surface area contributed by atoms with Gasteiger partial charge in [0.2, 0.25) is 0 Å². The number of nitrogens with zero attached hydrogens (tertiary/aromatic N) is 2. The fourth-order valence-electron chi connectivity index (χ4n) is 1.45. The Morgan fingerprint density at radius 1 is 1.55 bits per heavy atom. The largest absolute Gasteiger partial charge is 0.408 e. The first kappa shape index (κ1) is 17.0. The average Bonchev–Trinajstić information content (AvgIpc) is 2.36. The van der Waals surface area contributed by atoms with Crippen molar-refractivity contribution in [2.75, 3.05) is 11.9 Å². The second-order valence-electron chi connectivity index (χ2n) is 4.23. The van der Waals surface area contributed by atoms with Gasteiger partial charge in [-0.3, -0.25) is 4.79 Å². The van der Waals surface area contributed by atoms with Crippen LogP contribution in [0.2, 0.25) is 0 Å². The lowest BCUT2D eigenvalue weighted by Crippen LogP contribution is -2.31. The minimum Gasteiger partial charge on any atom is -0.393 e. The number of hydrogen-bond donors (Lipinski definition) is 2. The molecule has 0 saturated heterocycles. The fraction of sp³-hybridized carbons (Fsp3) is 0.636. The van der Waals surface area contributed by atoms with Gasteiger partial charge in [-0.15, -0.1) is 0 Å². The molecule has 1 aromatic rings. The summed E-state index contributed by atoms with van der Waals surface area (Å²) in [6.45, 7) is 0.789. The van der Waals surface area contributed by atoms with Crippen LogP contribution in [0.15, 0.2) is 15.5 Å². The molecule has 0 aliphatic carbocycles. The van der Waals surface area contributed by atoms with E-state index in [4.69, 9.17) is 0 Å². The number of rotatable bonds is 6. The molecule has 114 valence electrons. The Morgan fingerprint density at radius 2 is 2.20 bits per heavy atom. The van der Waals surface area contributed by atoms with Crippen molar-refractivity contribution in [1.82, 2.24) is 9.78 Å². The molecule has 1 aromatic heterocycles. The van der Waals surface area contributed by atoms with Gasteiger partial charge in [0.1, 0.15) is 11.0 Å². The molecule has 0 saturated carbocycles. The van der Waals surface area contributed by atoms with Crippen molar-refractivity contribution in [3.05, 3.63) is 21.0 Å². The molecule has 1 atom stereocenters. The van der Waals surface area contributed by atoms with Crippen LogP contribution >= 0.6 is 15.9 Å². The van der Waals surface area contributed by atoms with Crippen molar-refractivity contribution < 1.29 is 18.3 Å². The molecule has 2 N–H and O–H groups in total. The van der Waals surface area contributed by atoms with Gasteiger partial charge in [0, 0.05) is 6.54 Å². The van der Waals surface area contributed by atoms with Gasteiger partial charge in [0.15, 0.2) is 0 Å². The Hall–Kier alpha value is -1.09. The Labute approximate surface area is 121 Å². The normalized spacial score (nSPS) is 13.3. The first-order valence-electron chi connectivity index (χ1n) is 5.99. The maximum absolute atomic E-state index is 12.2. The third-order valence-corrected chi connectivity index (χ3v) is 3.34. The molecule has 5 nitrogen and oxygen atoms in total. The molecule has 0 aliphatic rings. The highest BCUT2D eigenvalue weighted by Gasteiger charge is 2.29. The zero-order valence-corrected chi connectivity index (χ0v) is 12.3. The molecular weight excluding hydrogens is 343 g/mol. The lowest BCUT2D eigenvalue weighted by molar-refractivity contribution is -0.143. The van der Waals surface area contributed by atoms with Crippen LogP contribution in [0, 0.1) is 0 Å². The zero-order chi connectivity index (χ0) is 15.3. The maximum Gasteiger partial charge on any atom is 0.408 e. The molecule has 1 heterocycles. The summed E-state index contributed by atoms with van der Waals surface area (Å²) in [6, 6.07) is 0. The van der Waals surface area contributed by atoms with Crippen molar-refractivity contribution in [2.24, 2.45) is 0 Å². The van der Waals surface area contributed by atoms with Crippen molar-refractivity contribution >= 4 is 21.6 Å². The second-order valence-corrected chi connectivity index (χ2v) is 5.02. The third-order valence-electron chi connectivity index (χ3n) is 2.58. The standard InChI is InChI=1S/C11H15BrF3N3O2/c1-2-7(19)3-4-16-8-5-17-18(6-11(13,14)15)10(20)9(8)12/h5,7,16,19H,2-4,6H2,1H3. The van der Waals surface area contributed by atoms with E-state index in [2.05, 4.69) is 26.3 Å². The highest BCUT2D eigenvalue weighted by Crippen LogP contribution is 2.19. The van der Waals surface area contributed by atoms with Gasteiger partial charge in [-0.25, -0.2) is 4.68 Å². The van der Waals surface area contributed by atoms with Crippen LogP contribution in [0.3, 0.4) is 0 Å². The first-order chi connectivity index (χ1) is 9.24. The maximum atomic E-state index is 12.2. The SMILES string of the molecule is CCC(O)CCNc1cnn(CC(F)(F)F)c(=O)c1Br. The molecule has 1 rings (SSSR count). The zero-order valence-electron chi connectivity index (χ0n) is 10.7. The molecule has 0 aliphatic heterocycles.